The number of hydrogen-bond acceptors (Lipinski definition) is 4. The maximum Gasteiger partial charge on any atom is 0.143 e. The van der Waals surface area contributed by atoms with Gasteiger partial charge in [-0.3, -0.25) is 0 Å². The number of H-pyrrole nitrogens is 1. The molecule has 108 valence electrons. The van der Waals surface area contributed by atoms with E-state index in [2.05, 4.69) is 20.3 Å². The van der Waals surface area contributed by atoms with Crippen molar-refractivity contribution in [2.24, 2.45) is 0 Å². The molecule has 1 aromatic carbocycles. The van der Waals surface area contributed by atoms with Crippen molar-refractivity contribution in [3.63, 3.8) is 0 Å². The molecule has 2 aromatic heterocycles. The molecule has 2 N–H and O–H groups in total. The average molecular weight is 282 g/mol. The molecule has 2 heterocycles. The van der Waals surface area contributed by atoms with Gasteiger partial charge in [-0.2, -0.15) is 0 Å². The number of rotatable bonds is 3. The summed E-state index contributed by atoms with van der Waals surface area (Å²) in [6, 6.07) is 8.05. The number of nitrogens with one attached hydrogen (secondary N) is 2. The van der Waals surface area contributed by atoms with Crippen LogP contribution in [0.3, 0.4) is 0 Å². The van der Waals surface area contributed by atoms with Crippen LogP contribution < -0.4 is 10.1 Å². The van der Waals surface area contributed by atoms with E-state index in [0.29, 0.717) is 0 Å². The third-order valence-corrected chi connectivity index (χ3v) is 3.34. The van der Waals surface area contributed by atoms with Gasteiger partial charge in [0.05, 0.1) is 18.2 Å². The average Bonchev–Trinajstić information content (AvgIpc) is 2.79. The summed E-state index contributed by atoms with van der Waals surface area (Å²) in [7, 11) is 1.66. The van der Waals surface area contributed by atoms with E-state index in [1.165, 1.54) is 0 Å². The molecule has 3 aromatic rings. The molecule has 0 bridgehead atoms. The zero-order valence-electron chi connectivity index (χ0n) is 12.6. The largest absolute Gasteiger partial charge is 0.495 e. The molecule has 0 saturated heterocycles. The van der Waals surface area contributed by atoms with Gasteiger partial charge in [0.25, 0.3) is 0 Å². The molecule has 0 aliphatic carbocycles. The third-order valence-electron chi connectivity index (χ3n) is 3.34. The SMILES string of the molecule is COc1ccc(C)cc1Nc1nc(C)nc2[nH]c(C)cc12. The highest BCUT2D eigenvalue weighted by molar-refractivity contribution is 5.90. The van der Waals surface area contributed by atoms with Gasteiger partial charge in [-0.15, -0.1) is 0 Å². The highest BCUT2D eigenvalue weighted by atomic mass is 16.5. The molecule has 3 rings (SSSR count). The molecular weight excluding hydrogens is 264 g/mol. The molecule has 0 aliphatic rings. The second-order valence-corrected chi connectivity index (χ2v) is 5.16. The first-order valence-electron chi connectivity index (χ1n) is 6.82. The van der Waals surface area contributed by atoms with Gasteiger partial charge in [-0.1, -0.05) is 6.07 Å². The van der Waals surface area contributed by atoms with Gasteiger partial charge in [0.2, 0.25) is 0 Å². The first-order chi connectivity index (χ1) is 10.1. The quantitative estimate of drug-likeness (QED) is 0.770. The van der Waals surface area contributed by atoms with Crippen molar-refractivity contribution in [3.05, 3.63) is 41.3 Å². The van der Waals surface area contributed by atoms with E-state index in [9.17, 15) is 0 Å². The van der Waals surface area contributed by atoms with E-state index in [1.54, 1.807) is 7.11 Å². The number of anilines is 2. The number of aromatic amines is 1. The molecule has 21 heavy (non-hydrogen) atoms. The van der Waals surface area contributed by atoms with Crippen LogP contribution in [0.2, 0.25) is 0 Å². The molecule has 0 atom stereocenters. The van der Waals surface area contributed by atoms with Crippen LogP contribution in [-0.2, 0) is 0 Å². The van der Waals surface area contributed by atoms with Crippen molar-refractivity contribution in [1.82, 2.24) is 15.0 Å². The Bertz CT molecular complexity index is 807. The summed E-state index contributed by atoms with van der Waals surface area (Å²) >= 11 is 0. The van der Waals surface area contributed by atoms with Crippen molar-refractivity contribution in [3.8, 4) is 5.75 Å². The summed E-state index contributed by atoms with van der Waals surface area (Å²) < 4.78 is 5.41. The minimum absolute atomic E-state index is 0.721. The molecule has 5 heteroatoms. The van der Waals surface area contributed by atoms with Crippen molar-refractivity contribution in [1.29, 1.82) is 0 Å². The summed E-state index contributed by atoms with van der Waals surface area (Å²) in [4.78, 5) is 12.2. The Morgan fingerprint density at radius 3 is 2.67 bits per heavy atom. The number of methoxy groups -OCH3 is 1. The lowest BCUT2D eigenvalue weighted by Crippen LogP contribution is -2.00. The first kappa shape index (κ1) is 13.4. The Morgan fingerprint density at radius 2 is 1.90 bits per heavy atom. The van der Waals surface area contributed by atoms with Crippen LogP contribution in [0.4, 0.5) is 11.5 Å². The monoisotopic (exact) mass is 282 g/mol. The molecule has 0 fully saturated rings. The van der Waals surface area contributed by atoms with Crippen molar-refractivity contribution in [2.45, 2.75) is 20.8 Å². The van der Waals surface area contributed by atoms with E-state index >= 15 is 0 Å². The van der Waals surface area contributed by atoms with E-state index in [1.807, 2.05) is 45.0 Å². The van der Waals surface area contributed by atoms with Gasteiger partial charge < -0.3 is 15.0 Å². The van der Waals surface area contributed by atoms with Gasteiger partial charge in [-0.05, 0) is 44.5 Å². The van der Waals surface area contributed by atoms with Crippen LogP contribution >= 0.6 is 0 Å². The van der Waals surface area contributed by atoms with Crippen LogP contribution in [0.25, 0.3) is 11.0 Å². The maximum atomic E-state index is 5.41. The number of benzene rings is 1. The predicted molar refractivity (Wildman–Crippen MR) is 84.4 cm³/mol. The zero-order chi connectivity index (χ0) is 15.0. The van der Waals surface area contributed by atoms with E-state index in [-0.39, 0.29) is 0 Å². The van der Waals surface area contributed by atoms with Crippen LogP contribution in [-0.4, -0.2) is 22.1 Å². The minimum Gasteiger partial charge on any atom is -0.495 e. The Hall–Kier alpha value is -2.56. The molecular formula is C16H18N4O. The Morgan fingerprint density at radius 1 is 1.10 bits per heavy atom. The van der Waals surface area contributed by atoms with Gasteiger partial charge in [0.1, 0.15) is 23.0 Å². The summed E-state index contributed by atoms with van der Waals surface area (Å²) in [6.07, 6.45) is 0. The summed E-state index contributed by atoms with van der Waals surface area (Å²) in [5.74, 6) is 2.29. The third kappa shape index (κ3) is 2.54. The van der Waals surface area contributed by atoms with Gasteiger partial charge in [-0.25, -0.2) is 9.97 Å². The number of hydrogen-bond donors (Lipinski definition) is 2. The highest BCUT2D eigenvalue weighted by Gasteiger charge is 2.11. The van der Waals surface area contributed by atoms with Crippen molar-refractivity contribution >= 4 is 22.5 Å². The number of nitrogens with zero attached hydrogens (tertiary/aromatic N) is 2. The van der Waals surface area contributed by atoms with Crippen molar-refractivity contribution in [2.75, 3.05) is 12.4 Å². The highest BCUT2D eigenvalue weighted by Crippen LogP contribution is 2.31. The topological polar surface area (TPSA) is 62.8 Å². The molecule has 0 saturated carbocycles. The standard InChI is InChI=1S/C16H18N4O/c1-9-5-6-14(21-4)13(7-9)20-16-12-8-10(2)17-15(12)18-11(3)19-16/h5-8H,1-4H3,(H2,17,18,19,20). The summed E-state index contributed by atoms with van der Waals surface area (Å²) in [6.45, 7) is 5.94. The predicted octanol–water partition coefficient (Wildman–Crippen LogP) is 3.64. The molecule has 0 amide bonds. The Kier molecular flexibility index (Phi) is 3.25. The van der Waals surface area contributed by atoms with E-state index in [4.69, 9.17) is 4.74 Å². The Labute approximate surface area is 123 Å². The fraction of sp³-hybridized carbons (Fsp3) is 0.250. The van der Waals surface area contributed by atoms with Crippen LogP contribution in [0, 0.1) is 20.8 Å². The maximum absolute atomic E-state index is 5.41. The fourth-order valence-electron chi connectivity index (χ4n) is 2.39. The fourth-order valence-corrected chi connectivity index (χ4v) is 2.39. The molecule has 0 spiro atoms. The summed E-state index contributed by atoms with van der Waals surface area (Å²) in [5.41, 5.74) is 3.96. The smallest absolute Gasteiger partial charge is 0.143 e. The normalized spacial score (nSPS) is 10.9. The van der Waals surface area contributed by atoms with Crippen LogP contribution in [0.5, 0.6) is 5.75 Å². The zero-order valence-corrected chi connectivity index (χ0v) is 12.6. The van der Waals surface area contributed by atoms with Gasteiger partial charge in [0.15, 0.2) is 0 Å². The van der Waals surface area contributed by atoms with Gasteiger partial charge in [0, 0.05) is 5.69 Å². The lowest BCUT2D eigenvalue weighted by Gasteiger charge is -2.12. The second-order valence-electron chi connectivity index (χ2n) is 5.16. The van der Waals surface area contributed by atoms with Crippen molar-refractivity contribution < 1.29 is 4.74 Å². The molecule has 0 aliphatic heterocycles. The number of aryl methyl sites for hydroxylation is 3. The lowest BCUT2D eigenvalue weighted by atomic mass is 10.2. The first-order valence-corrected chi connectivity index (χ1v) is 6.82. The Balaban J connectivity index is 2.11. The number of aromatic nitrogens is 3. The molecule has 0 unspecified atom stereocenters. The van der Waals surface area contributed by atoms with E-state index in [0.717, 1.165) is 45.4 Å². The molecule has 0 radical (unpaired) electrons. The van der Waals surface area contributed by atoms with Gasteiger partial charge >= 0.3 is 0 Å². The van der Waals surface area contributed by atoms with E-state index < -0.39 is 0 Å². The second kappa shape index (κ2) is 5.09. The lowest BCUT2D eigenvalue weighted by molar-refractivity contribution is 0.416. The minimum atomic E-state index is 0.721. The van der Waals surface area contributed by atoms with Crippen LogP contribution in [0.15, 0.2) is 24.3 Å². The number of fused-ring (bicyclic) bond motifs is 1. The molecule has 5 nitrogen and oxygen atoms in total. The van der Waals surface area contributed by atoms with Crippen LogP contribution in [0.1, 0.15) is 17.1 Å². The summed E-state index contributed by atoms with van der Waals surface area (Å²) in [5, 5.41) is 4.34. The number of ether oxygens (including phenoxy) is 1.